The van der Waals surface area contributed by atoms with Crippen LogP contribution in [-0.4, -0.2) is 34.4 Å². The summed E-state index contributed by atoms with van der Waals surface area (Å²) < 4.78 is 27.7. The van der Waals surface area contributed by atoms with Crippen molar-refractivity contribution < 1.29 is 18.3 Å². The molecule has 0 amide bonds. The molecule has 4 rings (SSSR count). The van der Waals surface area contributed by atoms with E-state index in [0.717, 1.165) is 0 Å². The molecule has 2 heterocycles. The van der Waals surface area contributed by atoms with E-state index in [0.29, 0.717) is 33.8 Å². The lowest BCUT2D eigenvalue weighted by atomic mass is 10.1. The van der Waals surface area contributed by atoms with Gasteiger partial charge < -0.3 is 10.4 Å². The summed E-state index contributed by atoms with van der Waals surface area (Å²) in [6, 6.07) is 16.1. The molecule has 2 aromatic carbocycles. The second-order valence-electron chi connectivity index (χ2n) is 7.11. The van der Waals surface area contributed by atoms with Crippen molar-refractivity contribution >= 4 is 44.3 Å². The van der Waals surface area contributed by atoms with Crippen LogP contribution in [0.2, 0.25) is 0 Å². The Kier molecular flexibility index (Phi) is 5.45. The highest BCUT2D eigenvalue weighted by Crippen LogP contribution is 2.24. The van der Waals surface area contributed by atoms with Crippen LogP contribution in [0.1, 0.15) is 21.7 Å². The van der Waals surface area contributed by atoms with Gasteiger partial charge in [0, 0.05) is 22.5 Å². The number of aromatic carboxylic acids is 1. The number of aromatic nitrogens is 3. The van der Waals surface area contributed by atoms with E-state index in [9.17, 15) is 18.3 Å². The third-order valence-corrected chi connectivity index (χ3v) is 5.94. The maximum absolute atomic E-state index is 12.7. The summed E-state index contributed by atoms with van der Waals surface area (Å²) in [4.78, 5) is 24.3. The van der Waals surface area contributed by atoms with Crippen LogP contribution in [0.25, 0.3) is 10.9 Å². The Morgan fingerprint density at radius 2 is 1.56 bits per heavy atom. The van der Waals surface area contributed by atoms with Crippen LogP contribution in [0.3, 0.4) is 0 Å². The van der Waals surface area contributed by atoms with Gasteiger partial charge in [0.1, 0.15) is 5.82 Å². The molecule has 0 fully saturated rings. The molecule has 162 valence electrons. The predicted octanol–water partition coefficient (Wildman–Crippen LogP) is 3.88. The first-order valence-electron chi connectivity index (χ1n) is 9.56. The van der Waals surface area contributed by atoms with Crippen LogP contribution in [0.4, 0.5) is 17.5 Å². The third kappa shape index (κ3) is 4.49. The van der Waals surface area contributed by atoms with E-state index in [4.69, 9.17) is 0 Å². The van der Waals surface area contributed by atoms with Gasteiger partial charge in [0.25, 0.3) is 10.0 Å². The van der Waals surface area contributed by atoms with Crippen LogP contribution in [0, 0.1) is 13.8 Å². The molecule has 10 heteroatoms. The highest BCUT2D eigenvalue weighted by molar-refractivity contribution is 7.92. The van der Waals surface area contributed by atoms with E-state index in [-0.39, 0.29) is 16.4 Å². The van der Waals surface area contributed by atoms with Crippen molar-refractivity contribution in [2.24, 2.45) is 0 Å². The molecule has 0 saturated carbocycles. The molecule has 0 saturated heterocycles. The van der Waals surface area contributed by atoms with Crippen molar-refractivity contribution in [3.63, 3.8) is 0 Å². The Morgan fingerprint density at radius 1 is 0.906 bits per heavy atom. The number of sulfonamides is 1. The number of hydrogen-bond acceptors (Lipinski definition) is 7. The number of rotatable bonds is 6. The Balaban J connectivity index is 1.58. The molecule has 3 N–H and O–H groups in total. The minimum Gasteiger partial charge on any atom is -0.478 e. The zero-order valence-corrected chi connectivity index (χ0v) is 18.0. The van der Waals surface area contributed by atoms with E-state index < -0.39 is 16.0 Å². The van der Waals surface area contributed by atoms with Crippen LogP contribution in [0.5, 0.6) is 0 Å². The third-order valence-electron chi connectivity index (χ3n) is 4.59. The van der Waals surface area contributed by atoms with Gasteiger partial charge in [-0.1, -0.05) is 18.2 Å². The zero-order valence-electron chi connectivity index (χ0n) is 17.2. The van der Waals surface area contributed by atoms with Crippen LogP contribution >= 0.6 is 0 Å². The number of aryl methyl sites for hydroxylation is 2. The number of carboxylic acid groups (broad SMARTS) is 1. The number of benzene rings is 2. The average Bonchev–Trinajstić information content (AvgIpc) is 2.72. The normalized spacial score (nSPS) is 11.3. The summed E-state index contributed by atoms with van der Waals surface area (Å²) in [5.74, 6) is -0.725. The van der Waals surface area contributed by atoms with Gasteiger partial charge in [-0.15, -0.1) is 0 Å². The fourth-order valence-electron chi connectivity index (χ4n) is 3.23. The molecule has 4 aromatic rings. The van der Waals surface area contributed by atoms with Gasteiger partial charge in [-0.3, -0.25) is 0 Å². The van der Waals surface area contributed by atoms with Gasteiger partial charge in [0.15, 0.2) is 0 Å². The lowest BCUT2D eigenvalue weighted by molar-refractivity contribution is 0.0699. The summed E-state index contributed by atoms with van der Waals surface area (Å²) in [6.07, 6.45) is 0. The highest BCUT2D eigenvalue weighted by Gasteiger charge is 2.17. The molecule has 2 aromatic heterocycles. The monoisotopic (exact) mass is 449 g/mol. The van der Waals surface area contributed by atoms with Gasteiger partial charge in [0.05, 0.1) is 16.0 Å². The van der Waals surface area contributed by atoms with Gasteiger partial charge in [-0.2, -0.15) is 0 Å². The number of carboxylic acids is 1. The number of nitrogens with zero attached hydrogens (tertiary/aromatic N) is 3. The Morgan fingerprint density at radius 3 is 2.22 bits per heavy atom. The first-order chi connectivity index (χ1) is 15.2. The van der Waals surface area contributed by atoms with E-state index in [1.807, 2.05) is 0 Å². The van der Waals surface area contributed by atoms with Gasteiger partial charge in [0.2, 0.25) is 5.95 Å². The van der Waals surface area contributed by atoms with Crippen molar-refractivity contribution in [3.8, 4) is 0 Å². The Hall–Kier alpha value is -4.05. The number of para-hydroxylation sites is 1. The second kappa shape index (κ2) is 8.23. The molecule has 0 bridgehead atoms. The molecule has 9 nitrogen and oxygen atoms in total. The molecule has 0 radical (unpaired) electrons. The zero-order chi connectivity index (χ0) is 22.9. The van der Waals surface area contributed by atoms with Crippen molar-refractivity contribution in [3.05, 3.63) is 77.6 Å². The first kappa shape index (κ1) is 21.2. The average molecular weight is 449 g/mol. The molecule has 0 aliphatic heterocycles. The molecular weight excluding hydrogens is 430 g/mol. The van der Waals surface area contributed by atoms with E-state index in [2.05, 4.69) is 25.0 Å². The quantitative estimate of drug-likeness (QED) is 0.404. The summed E-state index contributed by atoms with van der Waals surface area (Å²) in [5, 5.41) is 13.1. The van der Waals surface area contributed by atoms with E-state index in [1.165, 1.54) is 18.2 Å². The van der Waals surface area contributed by atoms with Gasteiger partial charge in [-0.05, 0) is 56.3 Å². The van der Waals surface area contributed by atoms with Crippen molar-refractivity contribution in [2.75, 3.05) is 10.0 Å². The molecule has 0 unspecified atom stereocenters. The summed E-state index contributed by atoms with van der Waals surface area (Å²) in [5.41, 5.74) is 2.50. The van der Waals surface area contributed by atoms with Crippen LogP contribution < -0.4 is 10.0 Å². The number of nitrogens with one attached hydrogen (secondary N) is 2. The van der Waals surface area contributed by atoms with E-state index >= 15 is 0 Å². The number of pyridine rings is 1. The number of carbonyl (C=O) groups is 1. The summed E-state index contributed by atoms with van der Waals surface area (Å²) >= 11 is 0. The summed E-state index contributed by atoms with van der Waals surface area (Å²) in [6.45, 7) is 3.51. The Labute approximate surface area is 184 Å². The molecule has 0 aliphatic carbocycles. The van der Waals surface area contributed by atoms with Crippen molar-refractivity contribution in [1.29, 1.82) is 0 Å². The maximum atomic E-state index is 12.7. The minimum absolute atomic E-state index is 0.00580. The van der Waals surface area contributed by atoms with Crippen LogP contribution in [0.15, 0.2) is 65.6 Å². The summed E-state index contributed by atoms with van der Waals surface area (Å²) in [7, 11) is -3.88. The highest BCUT2D eigenvalue weighted by atomic mass is 32.2. The van der Waals surface area contributed by atoms with Gasteiger partial charge >= 0.3 is 5.97 Å². The predicted molar refractivity (Wildman–Crippen MR) is 121 cm³/mol. The first-order valence-corrected chi connectivity index (χ1v) is 11.0. The fourth-order valence-corrected chi connectivity index (χ4v) is 4.18. The van der Waals surface area contributed by atoms with Crippen LogP contribution in [-0.2, 0) is 10.0 Å². The number of hydrogen-bond donors (Lipinski definition) is 3. The fraction of sp³-hybridized carbons (Fsp3) is 0.0909. The van der Waals surface area contributed by atoms with Crippen molar-refractivity contribution in [2.45, 2.75) is 18.7 Å². The Bertz CT molecular complexity index is 1420. The molecular formula is C22H19N5O4S. The molecule has 0 spiro atoms. The number of anilines is 3. The molecule has 32 heavy (non-hydrogen) atoms. The maximum Gasteiger partial charge on any atom is 0.336 e. The molecule has 0 aliphatic rings. The van der Waals surface area contributed by atoms with Gasteiger partial charge in [-0.25, -0.2) is 32.9 Å². The standard InChI is InChI=1S/C22H19N5O4S/c1-13-11-14(2)24-22(23-13)27-32(30,31)16-9-7-15(8-10-16)25-20-12-18(21(28)29)17-5-3-4-6-19(17)26-20/h3-12H,1-2H3,(H,25,26)(H,28,29)(H,23,24,27). The minimum atomic E-state index is -3.88. The van der Waals surface area contributed by atoms with Crippen molar-refractivity contribution in [1.82, 2.24) is 15.0 Å². The lowest BCUT2D eigenvalue weighted by Crippen LogP contribution is -2.15. The smallest absolute Gasteiger partial charge is 0.336 e. The topological polar surface area (TPSA) is 134 Å². The largest absolute Gasteiger partial charge is 0.478 e. The van der Waals surface area contributed by atoms with E-state index in [1.54, 1.807) is 56.3 Å². The SMILES string of the molecule is Cc1cc(C)nc(NS(=O)(=O)c2ccc(Nc3cc(C(=O)O)c4ccccc4n3)cc2)n1. The molecule has 0 atom stereocenters. The number of fused-ring (bicyclic) bond motifs is 1. The lowest BCUT2D eigenvalue weighted by Gasteiger charge is -2.11. The second-order valence-corrected chi connectivity index (χ2v) is 8.79.